The standard InChI is InChI=1S/C10H10ClF3N2/c11-6-1-2-9(16-5-7(16)4-15)8(3-6)10(12,13)14/h1-3,7H,4-5,15H2. The molecule has 0 aromatic heterocycles. The van der Waals surface area contributed by atoms with Gasteiger partial charge < -0.3 is 10.6 Å². The summed E-state index contributed by atoms with van der Waals surface area (Å²) in [5, 5.41) is 0.0854. The minimum absolute atomic E-state index is 0.0160. The molecular weight excluding hydrogens is 241 g/mol. The van der Waals surface area contributed by atoms with Crippen molar-refractivity contribution in [2.24, 2.45) is 5.73 Å². The Kier molecular flexibility index (Phi) is 2.75. The molecule has 0 saturated carbocycles. The summed E-state index contributed by atoms with van der Waals surface area (Å²) in [7, 11) is 0. The summed E-state index contributed by atoms with van der Waals surface area (Å²) in [4.78, 5) is 1.62. The summed E-state index contributed by atoms with van der Waals surface area (Å²) < 4.78 is 38.2. The number of hydrogen-bond donors (Lipinski definition) is 1. The number of anilines is 1. The Hall–Kier alpha value is -0.940. The van der Waals surface area contributed by atoms with Crippen molar-refractivity contribution in [3.05, 3.63) is 28.8 Å². The van der Waals surface area contributed by atoms with E-state index in [4.69, 9.17) is 17.3 Å². The fourth-order valence-electron chi connectivity index (χ4n) is 1.66. The molecule has 2 N–H and O–H groups in total. The van der Waals surface area contributed by atoms with Gasteiger partial charge in [-0.05, 0) is 18.2 Å². The van der Waals surface area contributed by atoms with Crippen molar-refractivity contribution in [2.75, 3.05) is 18.0 Å². The maximum atomic E-state index is 12.7. The van der Waals surface area contributed by atoms with Gasteiger partial charge in [0.05, 0.1) is 11.6 Å². The third-order valence-electron chi connectivity index (χ3n) is 2.56. The van der Waals surface area contributed by atoms with Crippen LogP contribution >= 0.6 is 11.6 Å². The summed E-state index contributed by atoms with van der Waals surface area (Å²) >= 11 is 5.58. The molecule has 1 aromatic rings. The first-order valence-electron chi connectivity index (χ1n) is 4.77. The number of halogens is 4. The number of benzene rings is 1. The second-order valence-corrected chi connectivity index (χ2v) is 4.14. The van der Waals surface area contributed by atoms with Crippen molar-refractivity contribution < 1.29 is 13.2 Å². The van der Waals surface area contributed by atoms with Crippen LogP contribution in [0.3, 0.4) is 0 Å². The maximum Gasteiger partial charge on any atom is 0.418 e. The average Bonchev–Trinajstić information content (AvgIpc) is 2.95. The zero-order valence-corrected chi connectivity index (χ0v) is 9.02. The molecule has 6 heteroatoms. The largest absolute Gasteiger partial charge is 0.418 e. The maximum absolute atomic E-state index is 12.7. The van der Waals surface area contributed by atoms with Gasteiger partial charge in [-0.25, -0.2) is 0 Å². The van der Waals surface area contributed by atoms with Crippen LogP contribution in [0.4, 0.5) is 18.9 Å². The lowest BCUT2D eigenvalue weighted by Gasteiger charge is -2.14. The van der Waals surface area contributed by atoms with E-state index in [1.807, 2.05) is 0 Å². The van der Waals surface area contributed by atoms with Crippen molar-refractivity contribution in [3.8, 4) is 0 Å². The Labute approximate surface area is 95.8 Å². The first kappa shape index (κ1) is 11.5. The van der Waals surface area contributed by atoms with Crippen LogP contribution in [0.2, 0.25) is 5.02 Å². The highest BCUT2D eigenvalue weighted by atomic mass is 35.5. The molecule has 0 spiro atoms. The molecule has 0 aliphatic carbocycles. The predicted molar refractivity (Wildman–Crippen MR) is 56.6 cm³/mol. The van der Waals surface area contributed by atoms with Gasteiger partial charge in [-0.15, -0.1) is 0 Å². The highest BCUT2D eigenvalue weighted by molar-refractivity contribution is 6.30. The summed E-state index contributed by atoms with van der Waals surface area (Å²) in [6.45, 7) is 0.932. The zero-order valence-electron chi connectivity index (χ0n) is 8.26. The highest BCUT2D eigenvalue weighted by Gasteiger charge is 2.41. The van der Waals surface area contributed by atoms with Crippen LogP contribution in [0.15, 0.2) is 18.2 Å². The average molecular weight is 251 g/mol. The van der Waals surface area contributed by atoms with E-state index in [0.717, 1.165) is 6.07 Å². The first-order valence-corrected chi connectivity index (χ1v) is 5.14. The van der Waals surface area contributed by atoms with Crippen LogP contribution < -0.4 is 10.6 Å². The lowest BCUT2D eigenvalue weighted by molar-refractivity contribution is -0.137. The van der Waals surface area contributed by atoms with Crippen LogP contribution in [0.1, 0.15) is 5.56 Å². The van der Waals surface area contributed by atoms with Gasteiger partial charge in [0.1, 0.15) is 0 Å². The quantitative estimate of drug-likeness (QED) is 0.817. The first-order chi connectivity index (χ1) is 7.43. The van der Waals surface area contributed by atoms with E-state index in [9.17, 15) is 13.2 Å². The molecule has 2 rings (SSSR count). The second-order valence-electron chi connectivity index (χ2n) is 3.70. The lowest BCUT2D eigenvalue weighted by Crippen LogP contribution is -2.15. The minimum atomic E-state index is -4.39. The molecule has 0 bridgehead atoms. The molecule has 1 fully saturated rings. The zero-order chi connectivity index (χ0) is 11.9. The summed E-state index contributed by atoms with van der Waals surface area (Å²) in [5.41, 5.74) is 4.86. The van der Waals surface area contributed by atoms with Gasteiger partial charge in [0, 0.05) is 23.8 Å². The minimum Gasteiger partial charge on any atom is -0.363 e. The molecule has 16 heavy (non-hydrogen) atoms. The van der Waals surface area contributed by atoms with Gasteiger partial charge in [-0.1, -0.05) is 11.6 Å². The molecule has 2 nitrogen and oxygen atoms in total. The van der Waals surface area contributed by atoms with E-state index in [1.54, 1.807) is 4.90 Å². The van der Waals surface area contributed by atoms with E-state index >= 15 is 0 Å². The van der Waals surface area contributed by atoms with Crippen molar-refractivity contribution in [1.82, 2.24) is 0 Å². The van der Waals surface area contributed by atoms with Crippen LogP contribution in [-0.2, 0) is 6.18 Å². The van der Waals surface area contributed by atoms with Crippen molar-refractivity contribution >= 4 is 17.3 Å². The number of hydrogen-bond acceptors (Lipinski definition) is 2. The van der Waals surface area contributed by atoms with Crippen LogP contribution in [0.25, 0.3) is 0 Å². The predicted octanol–water partition coefficient (Wildman–Crippen LogP) is 2.51. The fourth-order valence-corrected chi connectivity index (χ4v) is 1.83. The van der Waals surface area contributed by atoms with E-state index in [-0.39, 0.29) is 16.8 Å². The Morgan fingerprint density at radius 3 is 2.62 bits per heavy atom. The van der Waals surface area contributed by atoms with Crippen molar-refractivity contribution in [3.63, 3.8) is 0 Å². The molecule has 0 radical (unpaired) electrons. The van der Waals surface area contributed by atoms with E-state index in [2.05, 4.69) is 0 Å². The van der Waals surface area contributed by atoms with Gasteiger partial charge in [-0.2, -0.15) is 13.2 Å². The Balaban J connectivity index is 2.38. The molecule has 1 aliphatic rings. The fraction of sp³-hybridized carbons (Fsp3) is 0.400. The van der Waals surface area contributed by atoms with Gasteiger partial charge in [0.25, 0.3) is 0 Å². The molecule has 1 aromatic carbocycles. The molecule has 1 unspecified atom stereocenters. The molecule has 1 atom stereocenters. The van der Waals surface area contributed by atoms with Crippen LogP contribution in [0, 0.1) is 0 Å². The molecule has 1 aliphatic heterocycles. The normalized spacial score (nSPS) is 20.1. The summed E-state index contributed by atoms with van der Waals surface area (Å²) in [6.07, 6.45) is -4.39. The van der Waals surface area contributed by atoms with E-state index in [1.165, 1.54) is 12.1 Å². The number of rotatable bonds is 2. The Morgan fingerprint density at radius 2 is 2.12 bits per heavy atom. The number of nitrogens with zero attached hydrogens (tertiary/aromatic N) is 1. The molecule has 1 heterocycles. The molecule has 88 valence electrons. The SMILES string of the molecule is NCC1CN1c1ccc(Cl)cc1C(F)(F)F. The Bertz CT molecular complexity index is 406. The second kappa shape index (κ2) is 3.82. The van der Waals surface area contributed by atoms with Crippen molar-refractivity contribution in [2.45, 2.75) is 12.2 Å². The van der Waals surface area contributed by atoms with Crippen molar-refractivity contribution in [1.29, 1.82) is 0 Å². The van der Waals surface area contributed by atoms with E-state index < -0.39 is 11.7 Å². The monoisotopic (exact) mass is 250 g/mol. The van der Waals surface area contributed by atoms with E-state index in [0.29, 0.717) is 13.1 Å². The molecule has 0 amide bonds. The number of alkyl halides is 3. The molecular formula is C10H10ClF3N2. The lowest BCUT2D eigenvalue weighted by atomic mass is 10.1. The van der Waals surface area contributed by atoms with Gasteiger partial charge in [0.2, 0.25) is 0 Å². The third kappa shape index (κ3) is 2.10. The Morgan fingerprint density at radius 1 is 1.44 bits per heavy atom. The number of nitrogens with two attached hydrogens (primary N) is 1. The van der Waals surface area contributed by atoms with Crippen LogP contribution in [0.5, 0.6) is 0 Å². The van der Waals surface area contributed by atoms with Gasteiger partial charge in [0.15, 0.2) is 0 Å². The molecule has 1 saturated heterocycles. The van der Waals surface area contributed by atoms with Gasteiger partial charge in [-0.3, -0.25) is 0 Å². The highest BCUT2D eigenvalue weighted by Crippen LogP contribution is 2.41. The summed E-state index contributed by atoms with van der Waals surface area (Å²) in [6, 6.07) is 3.81. The topological polar surface area (TPSA) is 29.0 Å². The summed E-state index contributed by atoms with van der Waals surface area (Å²) in [5.74, 6) is 0. The third-order valence-corrected chi connectivity index (χ3v) is 2.80. The smallest absolute Gasteiger partial charge is 0.363 e. The van der Waals surface area contributed by atoms with Crippen LogP contribution in [-0.4, -0.2) is 19.1 Å². The van der Waals surface area contributed by atoms with Gasteiger partial charge >= 0.3 is 6.18 Å².